The average molecular weight is 515 g/mol. The Bertz CT molecular complexity index is 1390. The number of anilines is 2. The highest BCUT2D eigenvalue weighted by Crippen LogP contribution is 2.44. The summed E-state index contributed by atoms with van der Waals surface area (Å²) in [6.45, 7) is 5.13. The zero-order valence-electron chi connectivity index (χ0n) is 21.4. The van der Waals surface area contributed by atoms with Gasteiger partial charge in [0.15, 0.2) is 5.54 Å². The Morgan fingerprint density at radius 1 is 1.00 bits per heavy atom. The van der Waals surface area contributed by atoms with E-state index < -0.39 is 41.3 Å². The molecule has 38 heavy (non-hydrogen) atoms. The Balaban J connectivity index is 1.82. The third-order valence-electron chi connectivity index (χ3n) is 7.05. The number of amides is 4. The smallest absolute Gasteiger partial charge is 0.335 e. The van der Waals surface area contributed by atoms with E-state index in [0.717, 1.165) is 0 Å². The summed E-state index contributed by atoms with van der Waals surface area (Å²) in [5.41, 5.74) is 6.61. The molecule has 4 N–H and O–H groups in total. The van der Waals surface area contributed by atoms with Crippen LogP contribution in [0.5, 0.6) is 0 Å². The topological polar surface area (TPSA) is 133 Å². The number of urea groups is 1. The highest BCUT2D eigenvalue weighted by molar-refractivity contribution is 6.07. The van der Waals surface area contributed by atoms with Gasteiger partial charge in [0.1, 0.15) is 6.54 Å². The molecule has 0 spiro atoms. The van der Waals surface area contributed by atoms with Crippen molar-refractivity contribution in [3.05, 3.63) is 95.6 Å². The van der Waals surface area contributed by atoms with Crippen LogP contribution in [0.1, 0.15) is 48.3 Å². The molecular weight excluding hydrogens is 484 g/mol. The zero-order valence-corrected chi connectivity index (χ0v) is 21.4. The van der Waals surface area contributed by atoms with Gasteiger partial charge in [-0.3, -0.25) is 14.5 Å². The molecule has 1 aliphatic heterocycles. The Morgan fingerprint density at radius 2 is 1.66 bits per heavy atom. The van der Waals surface area contributed by atoms with Crippen LogP contribution in [-0.2, 0) is 15.1 Å². The molecular formula is C29H30N4O5. The molecule has 0 saturated carbocycles. The molecule has 3 aromatic carbocycles. The number of fused-ring (bicyclic) bond motifs is 1. The fraction of sp³-hybridized carbons (Fsp3) is 0.241. The number of nitrogens with one attached hydrogen (secondary N) is 1. The van der Waals surface area contributed by atoms with Gasteiger partial charge in [0.05, 0.1) is 17.3 Å². The lowest BCUT2D eigenvalue weighted by Gasteiger charge is -2.45. The number of carboxylic acid groups (broad SMARTS) is 1. The zero-order chi connectivity index (χ0) is 27.6. The number of carbonyl (C=O) groups is 4. The van der Waals surface area contributed by atoms with Gasteiger partial charge in [0, 0.05) is 5.69 Å². The minimum absolute atomic E-state index is 0.0188. The first-order valence-electron chi connectivity index (χ1n) is 12.3. The van der Waals surface area contributed by atoms with Crippen molar-refractivity contribution in [2.75, 3.05) is 16.8 Å². The maximum absolute atomic E-state index is 14.1. The van der Waals surface area contributed by atoms with Crippen molar-refractivity contribution in [2.45, 2.75) is 32.4 Å². The third-order valence-corrected chi connectivity index (χ3v) is 7.05. The lowest BCUT2D eigenvalue weighted by molar-refractivity contribution is -0.130. The molecule has 2 unspecified atom stereocenters. The molecule has 196 valence electrons. The lowest BCUT2D eigenvalue weighted by atomic mass is 9.76. The fourth-order valence-electron chi connectivity index (χ4n) is 5.21. The number of carbonyl (C=O) groups excluding carboxylic acids is 3. The Kier molecular flexibility index (Phi) is 7.21. The second kappa shape index (κ2) is 10.4. The van der Waals surface area contributed by atoms with Crippen LogP contribution in [0.15, 0.2) is 78.9 Å². The van der Waals surface area contributed by atoms with Crippen LogP contribution in [0.2, 0.25) is 0 Å². The first kappa shape index (κ1) is 26.4. The normalized spacial score (nSPS) is 16.8. The number of carboxylic acids is 1. The minimum Gasteiger partial charge on any atom is -0.478 e. The van der Waals surface area contributed by atoms with E-state index in [4.69, 9.17) is 5.73 Å². The van der Waals surface area contributed by atoms with Gasteiger partial charge >= 0.3 is 12.0 Å². The van der Waals surface area contributed by atoms with Gasteiger partial charge in [0.25, 0.3) is 0 Å². The largest absolute Gasteiger partial charge is 0.478 e. The summed E-state index contributed by atoms with van der Waals surface area (Å²) in [4.78, 5) is 55.1. The lowest BCUT2D eigenvalue weighted by Crippen LogP contribution is -2.62. The van der Waals surface area contributed by atoms with Crippen LogP contribution in [0.25, 0.3) is 0 Å². The molecule has 4 rings (SSSR count). The molecule has 9 nitrogen and oxygen atoms in total. The van der Waals surface area contributed by atoms with E-state index in [-0.39, 0.29) is 17.8 Å². The number of aromatic carboxylic acids is 1. The van der Waals surface area contributed by atoms with Gasteiger partial charge in [-0.1, -0.05) is 68.4 Å². The summed E-state index contributed by atoms with van der Waals surface area (Å²) in [7, 11) is 0. The molecule has 0 fully saturated rings. The molecule has 9 heteroatoms. The van der Waals surface area contributed by atoms with Crippen LogP contribution < -0.4 is 16.0 Å². The summed E-state index contributed by atoms with van der Waals surface area (Å²) >= 11 is 0. The van der Waals surface area contributed by atoms with E-state index in [1.54, 1.807) is 55.5 Å². The molecule has 1 aliphatic rings. The monoisotopic (exact) mass is 514 g/mol. The quantitative estimate of drug-likeness (QED) is 0.449. The van der Waals surface area contributed by atoms with Gasteiger partial charge in [-0.05, 0) is 48.2 Å². The molecule has 0 saturated heterocycles. The van der Waals surface area contributed by atoms with Crippen molar-refractivity contribution >= 4 is 35.2 Å². The maximum atomic E-state index is 14.1. The summed E-state index contributed by atoms with van der Waals surface area (Å²) in [5.74, 6) is -2.69. The van der Waals surface area contributed by atoms with Crippen LogP contribution in [0.3, 0.4) is 0 Å². The predicted molar refractivity (Wildman–Crippen MR) is 144 cm³/mol. The highest BCUT2D eigenvalue weighted by Gasteiger charge is 2.52. The van der Waals surface area contributed by atoms with Crippen molar-refractivity contribution in [3.8, 4) is 0 Å². The van der Waals surface area contributed by atoms with Gasteiger partial charge in [0.2, 0.25) is 11.8 Å². The van der Waals surface area contributed by atoms with E-state index in [9.17, 15) is 24.3 Å². The third kappa shape index (κ3) is 4.47. The highest BCUT2D eigenvalue weighted by atomic mass is 16.4. The molecule has 0 radical (unpaired) electrons. The van der Waals surface area contributed by atoms with Crippen molar-refractivity contribution in [1.29, 1.82) is 0 Å². The average Bonchev–Trinajstić information content (AvgIpc) is 3.00. The molecule has 0 bridgehead atoms. The number of primary amides is 1. The van der Waals surface area contributed by atoms with Crippen molar-refractivity contribution in [1.82, 2.24) is 4.90 Å². The second-order valence-electron chi connectivity index (χ2n) is 9.56. The van der Waals surface area contributed by atoms with Crippen molar-refractivity contribution in [3.63, 3.8) is 0 Å². The van der Waals surface area contributed by atoms with E-state index in [2.05, 4.69) is 5.32 Å². The summed E-state index contributed by atoms with van der Waals surface area (Å²) in [5, 5.41) is 12.0. The van der Waals surface area contributed by atoms with Gasteiger partial charge in [-0.15, -0.1) is 0 Å². The molecule has 4 amide bonds. The van der Waals surface area contributed by atoms with Gasteiger partial charge < -0.3 is 21.1 Å². The number of nitrogens with two attached hydrogens (primary N) is 1. The molecule has 2 atom stereocenters. The number of hydrogen-bond acceptors (Lipinski definition) is 4. The van der Waals surface area contributed by atoms with Gasteiger partial charge in [-0.2, -0.15) is 0 Å². The van der Waals surface area contributed by atoms with E-state index in [1.165, 1.54) is 28.0 Å². The van der Waals surface area contributed by atoms with E-state index in [1.807, 2.05) is 26.0 Å². The second-order valence-corrected chi connectivity index (χ2v) is 9.56. The summed E-state index contributed by atoms with van der Waals surface area (Å²) in [6, 6.07) is 20.8. The van der Waals surface area contributed by atoms with Crippen LogP contribution >= 0.6 is 0 Å². The number of nitrogens with zero attached hydrogens (tertiary/aromatic N) is 2. The molecule has 0 aliphatic carbocycles. The Hall–Kier alpha value is -4.66. The first-order chi connectivity index (χ1) is 18.1. The van der Waals surface area contributed by atoms with Crippen LogP contribution in [-0.4, -0.2) is 40.4 Å². The molecule has 0 aromatic heterocycles. The first-order valence-corrected chi connectivity index (χ1v) is 12.3. The fourth-order valence-corrected chi connectivity index (χ4v) is 5.21. The van der Waals surface area contributed by atoms with E-state index >= 15 is 0 Å². The van der Waals surface area contributed by atoms with Crippen LogP contribution in [0.4, 0.5) is 16.2 Å². The van der Waals surface area contributed by atoms with Crippen molar-refractivity contribution in [2.24, 2.45) is 11.7 Å². The number of para-hydroxylation sites is 1. The van der Waals surface area contributed by atoms with E-state index in [0.29, 0.717) is 16.8 Å². The maximum Gasteiger partial charge on any atom is 0.335 e. The van der Waals surface area contributed by atoms with Crippen LogP contribution in [0, 0.1) is 5.92 Å². The number of benzene rings is 3. The van der Waals surface area contributed by atoms with Crippen molar-refractivity contribution < 1.29 is 24.3 Å². The molecule has 3 aromatic rings. The Morgan fingerprint density at radius 3 is 2.29 bits per heavy atom. The standard InChI is InChI=1S/C29H30N4O5/c1-18(2)29(27(30)37,21-11-5-4-6-12-21)33-24-15-8-7-14-23(24)19(3)32(17-25(33)34)28(38)31-22-13-9-10-20(16-22)26(35)36/h4-16,18-19H,17H2,1-3H3,(H2,30,37)(H,31,38)(H,35,36). The predicted octanol–water partition coefficient (Wildman–Crippen LogP) is 4.36. The number of rotatable bonds is 6. The summed E-state index contributed by atoms with van der Waals surface area (Å²) < 4.78 is 0. The van der Waals surface area contributed by atoms with Gasteiger partial charge in [-0.25, -0.2) is 9.59 Å². The number of hydrogen-bond donors (Lipinski definition) is 3. The summed E-state index contributed by atoms with van der Waals surface area (Å²) in [6.07, 6.45) is 0. The molecule has 1 heterocycles. The SMILES string of the molecule is CC1c2ccccc2N(C(C(N)=O)(c2ccccc2)C(C)C)C(=O)CN1C(=O)Nc1cccc(C(=O)O)c1. The Labute approximate surface area is 220 Å². The minimum atomic E-state index is -1.52.